The molecule has 1 aromatic heterocycles. The summed E-state index contributed by atoms with van der Waals surface area (Å²) in [6, 6.07) is 11.5. The summed E-state index contributed by atoms with van der Waals surface area (Å²) >= 11 is 0. The zero-order valence-electron chi connectivity index (χ0n) is 14.9. The van der Waals surface area contributed by atoms with Crippen LogP contribution in [0.2, 0.25) is 0 Å². The molecule has 3 rings (SSSR count). The van der Waals surface area contributed by atoms with Crippen LogP contribution >= 0.6 is 0 Å². The van der Waals surface area contributed by atoms with Crippen LogP contribution in [0.5, 0.6) is 0 Å². The molecular formula is C20H25N3O2. The number of hydrogen-bond acceptors (Lipinski definition) is 3. The van der Waals surface area contributed by atoms with Crippen molar-refractivity contribution in [2.45, 2.75) is 19.9 Å². The Morgan fingerprint density at radius 3 is 2.88 bits per heavy atom. The Morgan fingerprint density at radius 2 is 2.12 bits per heavy atom. The number of amides is 1. The van der Waals surface area contributed by atoms with Gasteiger partial charge in [-0.2, -0.15) is 0 Å². The van der Waals surface area contributed by atoms with Crippen LogP contribution in [0.3, 0.4) is 0 Å². The van der Waals surface area contributed by atoms with Crippen LogP contribution in [0.1, 0.15) is 27.9 Å². The lowest BCUT2D eigenvalue weighted by molar-refractivity contribution is 0.0785. The molecule has 5 heteroatoms. The van der Waals surface area contributed by atoms with Crippen LogP contribution < -0.4 is 10.9 Å². The number of carbonyl (C=O) groups is 1. The van der Waals surface area contributed by atoms with Gasteiger partial charge in [-0.05, 0) is 50.6 Å². The molecule has 1 aliphatic heterocycles. The number of rotatable bonds is 5. The van der Waals surface area contributed by atoms with E-state index in [0.717, 1.165) is 30.6 Å². The highest BCUT2D eigenvalue weighted by atomic mass is 16.2. The summed E-state index contributed by atoms with van der Waals surface area (Å²) in [7, 11) is 1.92. The van der Waals surface area contributed by atoms with Crippen LogP contribution in [0.15, 0.2) is 47.4 Å². The van der Waals surface area contributed by atoms with E-state index in [1.54, 1.807) is 27.8 Å². The lowest BCUT2D eigenvalue weighted by Crippen LogP contribution is -2.36. The Kier molecular flexibility index (Phi) is 5.34. The molecular weight excluding hydrogens is 314 g/mol. The number of aromatic nitrogens is 1. The maximum absolute atomic E-state index is 12.8. The van der Waals surface area contributed by atoms with Gasteiger partial charge in [0.05, 0.1) is 6.54 Å². The Balaban J connectivity index is 1.79. The summed E-state index contributed by atoms with van der Waals surface area (Å²) in [4.78, 5) is 27.3. The van der Waals surface area contributed by atoms with Crippen molar-refractivity contribution < 1.29 is 4.79 Å². The van der Waals surface area contributed by atoms with Gasteiger partial charge in [-0.1, -0.05) is 29.8 Å². The van der Waals surface area contributed by atoms with Crippen LogP contribution in [-0.4, -0.2) is 42.1 Å². The summed E-state index contributed by atoms with van der Waals surface area (Å²) in [5, 5.41) is 3.16. The van der Waals surface area contributed by atoms with Crippen molar-refractivity contribution in [2.24, 2.45) is 5.92 Å². The van der Waals surface area contributed by atoms with Gasteiger partial charge in [-0.25, -0.2) is 0 Å². The quantitative estimate of drug-likeness (QED) is 0.905. The smallest absolute Gasteiger partial charge is 0.263 e. The molecule has 1 amide bonds. The normalized spacial score (nSPS) is 17.0. The van der Waals surface area contributed by atoms with Crippen LogP contribution in [-0.2, 0) is 6.54 Å². The summed E-state index contributed by atoms with van der Waals surface area (Å²) < 4.78 is 1.61. The summed E-state index contributed by atoms with van der Waals surface area (Å²) in [5.41, 5.74) is 2.26. The van der Waals surface area contributed by atoms with E-state index < -0.39 is 0 Å². The lowest BCUT2D eigenvalue weighted by atomic mass is 10.1. The Labute approximate surface area is 148 Å². The first-order valence-corrected chi connectivity index (χ1v) is 8.77. The monoisotopic (exact) mass is 339 g/mol. The summed E-state index contributed by atoms with van der Waals surface area (Å²) in [5.74, 6) is 0.314. The third-order valence-electron chi connectivity index (χ3n) is 4.75. The number of benzene rings is 1. The average Bonchev–Trinajstić information content (AvgIpc) is 3.05. The van der Waals surface area contributed by atoms with Crippen molar-refractivity contribution >= 4 is 5.91 Å². The number of carbonyl (C=O) groups excluding carboxylic acids is 1. The highest BCUT2D eigenvalue weighted by Crippen LogP contribution is 2.17. The average molecular weight is 339 g/mol. The van der Waals surface area contributed by atoms with E-state index in [-0.39, 0.29) is 17.0 Å². The first-order valence-electron chi connectivity index (χ1n) is 8.77. The molecule has 1 atom stereocenters. The molecule has 1 aliphatic rings. The Hall–Kier alpha value is -2.40. The fraction of sp³-hybridized carbons (Fsp3) is 0.400. The van der Waals surface area contributed by atoms with Crippen LogP contribution in [0.4, 0.5) is 0 Å². The van der Waals surface area contributed by atoms with Gasteiger partial charge in [-0.15, -0.1) is 0 Å². The van der Waals surface area contributed by atoms with Gasteiger partial charge in [0.2, 0.25) is 0 Å². The molecule has 132 valence electrons. The second-order valence-corrected chi connectivity index (χ2v) is 6.81. The molecule has 1 N–H and O–H groups in total. The molecule has 0 saturated carbocycles. The zero-order valence-corrected chi connectivity index (χ0v) is 14.9. The fourth-order valence-electron chi connectivity index (χ4n) is 3.47. The molecule has 0 spiro atoms. The van der Waals surface area contributed by atoms with Gasteiger partial charge in [0, 0.05) is 19.3 Å². The molecule has 0 bridgehead atoms. The van der Waals surface area contributed by atoms with Gasteiger partial charge >= 0.3 is 0 Å². The molecule has 25 heavy (non-hydrogen) atoms. The lowest BCUT2D eigenvalue weighted by Gasteiger charge is -2.17. The van der Waals surface area contributed by atoms with Crippen molar-refractivity contribution in [3.8, 4) is 0 Å². The largest absolute Gasteiger partial charge is 0.338 e. The van der Waals surface area contributed by atoms with E-state index in [1.165, 1.54) is 0 Å². The van der Waals surface area contributed by atoms with Crippen molar-refractivity contribution in [3.63, 3.8) is 0 Å². The molecule has 2 aromatic rings. The van der Waals surface area contributed by atoms with E-state index in [2.05, 4.69) is 11.4 Å². The molecule has 5 nitrogen and oxygen atoms in total. The highest BCUT2D eigenvalue weighted by Gasteiger charge is 2.28. The Morgan fingerprint density at radius 1 is 1.28 bits per heavy atom. The Bertz CT molecular complexity index is 813. The predicted octanol–water partition coefficient (Wildman–Crippen LogP) is 1.89. The first-order chi connectivity index (χ1) is 12.1. The number of likely N-dealkylation sites (tertiary alicyclic amines) is 1. The maximum atomic E-state index is 12.8. The van der Waals surface area contributed by atoms with E-state index in [4.69, 9.17) is 0 Å². The van der Waals surface area contributed by atoms with Crippen LogP contribution in [0, 0.1) is 12.8 Å². The molecule has 1 aromatic carbocycles. The van der Waals surface area contributed by atoms with Gasteiger partial charge < -0.3 is 14.8 Å². The topological polar surface area (TPSA) is 54.3 Å². The van der Waals surface area contributed by atoms with Crippen molar-refractivity contribution in [2.75, 3.05) is 26.7 Å². The van der Waals surface area contributed by atoms with Crippen molar-refractivity contribution in [3.05, 3.63) is 69.6 Å². The second kappa shape index (κ2) is 7.66. The highest BCUT2D eigenvalue weighted by molar-refractivity contribution is 5.94. The third-order valence-corrected chi connectivity index (χ3v) is 4.75. The number of hydrogen-bond donors (Lipinski definition) is 1. The number of nitrogens with one attached hydrogen (secondary N) is 1. The fourth-order valence-corrected chi connectivity index (χ4v) is 3.47. The van der Waals surface area contributed by atoms with Crippen LogP contribution in [0.25, 0.3) is 0 Å². The summed E-state index contributed by atoms with van der Waals surface area (Å²) in [6.45, 7) is 4.84. The maximum Gasteiger partial charge on any atom is 0.263 e. The van der Waals surface area contributed by atoms with Crippen molar-refractivity contribution in [1.29, 1.82) is 0 Å². The van der Waals surface area contributed by atoms with Gasteiger partial charge in [-0.3, -0.25) is 9.59 Å². The minimum Gasteiger partial charge on any atom is -0.338 e. The number of pyridine rings is 1. The zero-order chi connectivity index (χ0) is 17.8. The van der Waals surface area contributed by atoms with Gasteiger partial charge in [0.1, 0.15) is 5.56 Å². The number of nitrogens with zero attached hydrogens (tertiary/aromatic N) is 2. The minimum atomic E-state index is -0.217. The second-order valence-electron chi connectivity index (χ2n) is 6.81. The van der Waals surface area contributed by atoms with E-state index >= 15 is 0 Å². The van der Waals surface area contributed by atoms with Crippen molar-refractivity contribution in [1.82, 2.24) is 14.8 Å². The number of aryl methyl sites for hydroxylation is 1. The SMILES string of the molecule is CNCC1CCN(C(=O)c2cccn(Cc3cccc(C)c3)c2=O)C1. The molecule has 0 aliphatic carbocycles. The van der Waals surface area contributed by atoms with E-state index in [0.29, 0.717) is 19.0 Å². The van der Waals surface area contributed by atoms with E-state index in [1.807, 2.05) is 32.2 Å². The third kappa shape index (κ3) is 3.99. The molecule has 0 radical (unpaired) electrons. The van der Waals surface area contributed by atoms with Gasteiger partial charge in [0.15, 0.2) is 0 Å². The minimum absolute atomic E-state index is 0.151. The van der Waals surface area contributed by atoms with E-state index in [9.17, 15) is 9.59 Å². The standard InChI is InChI=1S/C20H25N3O2/c1-15-5-3-6-16(11-15)13-22-9-4-7-18(19(22)24)20(25)23-10-8-17(14-23)12-21-2/h3-7,9,11,17,21H,8,10,12-14H2,1-2H3. The van der Waals surface area contributed by atoms with Gasteiger partial charge in [0.25, 0.3) is 11.5 Å². The summed E-state index contributed by atoms with van der Waals surface area (Å²) in [6.07, 6.45) is 2.73. The molecule has 2 heterocycles. The molecule has 1 fully saturated rings. The molecule has 1 unspecified atom stereocenters. The first kappa shape index (κ1) is 17.4. The molecule has 1 saturated heterocycles. The predicted molar refractivity (Wildman–Crippen MR) is 98.9 cm³/mol.